The van der Waals surface area contributed by atoms with Crippen LogP contribution in [0.1, 0.15) is 90.9 Å². The summed E-state index contributed by atoms with van der Waals surface area (Å²) >= 11 is 0. The van der Waals surface area contributed by atoms with Gasteiger partial charge in [-0.2, -0.15) is 0 Å². The second-order valence-electron chi connectivity index (χ2n) is 6.44. The van der Waals surface area contributed by atoms with E-state index in [-0.39, 0.29) is 0 Å². The van der Waals surface area contributed by atoms with E-state index in [9.17, 15) is 0 Å². The van der Waals surface area contributed by atoms with Gasteiger partial charge in [-0.05, 0) is 25.4 Å². The third kappa shape index (κ3) is 14.6. The van der Waals surface area contributed by atoms with Gasteiger partial charge in [0.05, 0.1) is 0 Å². The van der Waals surface area contributed by atoms with E-state index in [1.807, 2.05) is 0 Å². The molecule has 1 atom stereocenters. The predicted octanol–water partition coefficient (Wildman–Crippen LogP) is 6.59. The van der Waals surface area contributed by atoms with Gasteiger partial charge in [-0.15, -0.1) is 0 Å². The van der Waals surface area contributed by atoms with Gasteiger partial charge in [0.15, 0.2) is 0 Å². The van der Waals surface area contributed by atoms with Crippen molar-refractivity contribution in [2.24, 2.45) is 5.92 Å². The van der Waals surface area contributed by atoms with Crippen LogP contribution in [0.5, 0.6) is 0 Å². The molecule has 1 unspecified atom stereocenters. The number of unbranched alkanes of at least 4 members (excludes halogenated alkanes) is 8. The van der Waals surface area contributed by atoms with E-state index >= 15 is 0 Å². The van der Waals surface area contributed by atoms with Gasteiger partial charge >= 0.3 is 0 Å². The SMILES string of the molecule is CCCCCCCCCCCC(CC)CCO[Si](C)C. The van der Waals surface area contributed by atoms with Crippen LogP contribution in [0.25, 0.3) is 0 Å². The van der Waals surface area contributed by atoms with Gasteiger partial charge in [-0.3, -0.25) is 0 Å². The molecule has 0 aromatic carbocycles. The van der Waals surface area contributed by atoms with Crippen LogP contribution < -0.4 is 0 Å². The molecule has 0 N–H and O–H groups in total. The van der Waals surface area contributed by atoms with Gasteiger partial charge in [0.1, 0.15) is 0 Å². The number of hydrogen-bond donors (Lipinski definition) is 0. The Hall–Kier alpha value is 0.177. The smallest absolute Gasteiger partial charge is 0.204 e. The molecule has 0 saturated carbocycles. The molecule has 121 valence electrons. The minimum absolute atomic E-state index is 0.480. The van der Waals surface area contributed by atoms with E-state index in [1.54, 1.807) is 0 Å². The minimum atomic E-state index is -0.480. The number of rotatable bonds is 15. The van der Waals surface area contributed by atoms with E-state index in [0.29, 0.717) is 0 Å². The Morgan fingerprint density at radius 3 is 1.80 bits per heavy atom. The Kier molecular flexibility index (Phi) is 15.7. The molecular weight excluding hydrogens is 260 g/mol. The van der Waals surface area contributed by atoms with Crippen molar-refractivity contribution in [1.82, 2.24) is 0 Å². The molecule has 0 aliphatic carbocycles. The summed E-state index contributed by atoms with van der Waals surface area (Å²) in [4.78, 5) is 0. The second kappa shape index (κ2) is 15.6. The summed E-state index contributed by atoms with van der Waals surface area (Å²) < 4.78 is 5.77. The Bertz CT molecular complexity index is 182. The molecule has 1 radical (unpaired) electrons. The van der Waals surface area contributed by atoms with Gasteiger partial charge in [0.25, 0.3) is 0 Å². The molecule has 0 aromatic rings. The molecule has 0 aliphatic heterocycles. The Morgan fingerprint density at radius 1 is 0.750 bits per heavy atom. The molecule has 0 fully saturated rings. The fourth-order valence-corrected chi connectivity index (χ4v) is 3.25. The van der Waals surface area contributed by atoms with Gasteiger partial charge in [0.2, 0.25) is 9.04 Å². The molecule has 0 heterocycles. The maximum Gasteiger partial charge on any atom is 0.204 e. The lowest BCUT2D eigenvalue weighted by atomic mass is 9.95. The second-order valence-corrected chi connectivity index (χ2v) is 8.54. The van der Waals surface area contributed by atoms with Crippen LogP contribution in [0.15, 0.2) is 0 Å². The summed E-state index contributed by atoms with van der Waals surface area (Å²) in [5, 5.41) is 0. The zero-order chi connectivity index (χ0) is 15.1. The van der Waals surface area contributed by atoms with Gasteiger partial charge in [-0.1, -0.05) is 84.5 Å². The van der Waals surface area contributed by atoms with Crippen LogP contribution in [-0.2, 0) is 4.43 Å². The largest absolute Gasteiger partial charge is 0.417 e. The van der Waals surface area contributed by atoms with E-state index in [4.69, 9.17) is 4.43 Å². The topological polar surface area (TPSA) is 9.23 Å². The first-order valence-electron chi connectivity index (χ1n) is 9.13. The van der Waals surface area contributed by atoms with Crippen LogP contribution >= 0.6 is 0 Å². The lowest BCUT2D eigenvalue weighted by Crippen LogP contribution is -2.12. The fourth-order valence-electron chi connectivity index (χ4n) is 2.73. The summed E-state index contributed by atoms with van der Waals surface area (Å²) in [7, 11) is -0.480. The van der Waals surface area contributed by atoms with Gasteiger partial charge in [0, 0.05) is 6.61 Å². The Morgan fingerprint density at radius 2 is 1.30 bits per heavy atom. The zero-order valence-corrected chi connectivity index (χ0v) is 15.7. The van der Waals surface area contributed by atoms with Crippen molar-refractivity contribution in [2.75, 3.05) is 6.61 Å². The molecular formula is C18H39OSi. The van der Waals surface area contributed by atoms with Gasteiger partial charge in [-0.25, -0.2) is 0 Å². The lowest BCUT2D eigenvalue weighted by molar-refractivity contribution is 0.270. The standard InChI is InChI=1S/C18H39OSi/c1-5-7-8-9-10-11-12-13-14-15-18(6-2)16-17-19-20(3)4/h18H,5-17H2,1-4H3. The highest BCUT2D eigenvalue weighted by atomic mass is 28.3. The summed E-state index contributed by atoms with van der Waals surface area (Å²) in [5.74, 6) is 0.904. The fraction of sp³-hybridized carbons (Fsp3) is 1.00. The molecule has 1 nitrogen and oxygen atoms in total. The van der Waals surface area contributed by atoms with Crippen molar-refractivity contribution >= 4 is 9.04 Å². The van der Waals surface area contributed by atoms with E-state index in [0.717, 1.165) is 12.5 Å². The predicted molar refractivity (Wildman–Crippen MR) is 93.7 cm³/mol. The maximum atomic E-state index is 5.77. The van der Waals surface area contributed by atoms with Crippen LogP contribution in [0.4, 0.5) is 0 Å². The van der Waals surface area contributed by atoms with Crippen LogP contribution in [0.2, 0.25) is 13.1 Å². The summed E-state index contributed by atoms with van der Waals surface area (Å²) in [6, 6.07) is 0. The Balaban J connectivity index is 3.29. The van der Waals surface area contributed by atoms with Crippen molar-refractivity contribution in [2.45, 2.75) is 104 Å². The van der Waals surface area contributed by atoms with Gasteiger partial charge < -0.3 is 4.43 Å². The Labute approximate surface area is 130 Å². The van der Waals surface area contributed by atoms with E-state index < -0.39 is 9.04 Å². The molecule has 0 aromatic heterocycles. The molecule has 0 aliphatic rings. The molecule has 0 rings (SSSR count). The summed E-state index contributed by atoms with van der Waals surface area (Å²) in [6.45, 7) is 10.1. The molecule has 0 saturated heterocycles. The van der Waals surface area contributed by atoms with Crippen LogP contribution in [0, 0.1) is 5.92 Å². The first-order valence-corrected chi connectivity index (χ1v) is 11.5. The molecule has 0 spiro atoms. The van der Waals surface area contributed by atoms with E-state index in [2.05, 4.69) is 26.9 Å². The van der Waals surface area contributed by atoms with E-state index in [1.165, 1.54) is 77.0 Å². The van der Waals surface area contributed by atoms with Crippen LogP contribution in [-0.4, -0.2) is 15.6 Å². The minimum Gasteiger partial charge on any atom is -0.417 e. The first kappa shape index (κ1) is 20.2. The summed E-state index contributed by atoms with van der Waals surface area (Å²) in [5.41, 5.74) is 0. The van der Waals surface area contributed by atoms with Crippen molar-refractivity contribution in [3.05, 3.63) is 0 Å². The molecule has 0 amide bonds. The highest BCUT2D eigenvalue weighted by molar-refractivity contribution is 6.48. The normalized spacial score (nSPS) is 13.1. The highest BCUT2D eigenvalue weighted by Gasteiger charge is 2.07. The molecule has 0 bridgehead atoms. The zero-order valence-electron chi connectivity index (χ0n) is 14.7. The third-order valence-corrected chi connectivity index (χ3v) is 4.99. The lowest BCUT2D eigenvalue weighted by Gasteiger charge is -2.15. The maximum absolute atomic E-state index is 5.77. The number of hydrogen-bond acceptors (Lipinski definition) is 1. The van der Waals surface area contributed by atoms with Crippen molar-refractivity contribution in [1.29, 1.82) is 0 Å². The van der Waals surface area contributed by atoms with Crippen molar-refractivity contribution in [3.63, 3.8) is 0 Å². The van der Waals surface area contributed by atoms with Crippen LogP contribution in [0.3, 0.4) is 0 Å². The molecule has 20 heavy (non-hydrogen) atoms. The summed E-state index contributed by atoms with van der Waals surface area (Å²) in [6.07, 6.45) is 17.0. The molecule has 2 heteroatoms. The highest BCUT2D eigenvalue weighted by Crippen LogP contribution is 2.18. The third-order valence-electron chi connectivity index (χ3n) is 4.21. The van der Waals surface area contributed by atoms with Crippen molar-refractivity contribution in [3.8, 4) is 0 Å². The quantitative estimate of drug-likeness (QED) is 0.245. The average Bonchev–Trinajstić information content (AvgIpc) is 2.43. The van der Waals surface area contributed by atoms with Crippen molar-refractivity contribution < 1.29 is 4.43 Å². The first-order chi connectivity index (χ1) is 9.70. The average molecular weight is 300 g/mol. The monoisotopic (exact) mass is 299 g/mol.